The Balaban J connectivity index is 1.10. The molecule has 4 heteroatoms. The molecule has 3 nitrogen and oxygen atoms in total. The number of anilines is 9. The Kier molecular flexibility index (Phi) is 12.4. The Bertz CT molecular complexity index is 4780. The van der Waals surface area contributed by atoms with Crippen LogP contribution in [-0.2, 0) is 49.7 Å². The lowest BCUT2D eigenvalue weighted by atomic mass is 9.32. The van der Waals surface area contributed by atoms with E-state index in [0.29, 0.717) is 0 Å². The molecule has 4 aliphatic carbocycles. The number of fused-ring (bicyclic) bond motifs is 12. The van der Waals surface area contributed by atoms with Crippen molar-refractivity contribution >= 4 is 74.3 Å². The van der Waals surface area contributed by atoms with Gasteiger partial charge in [-0.3, -0.25) is 0 Å². The fraction of sp³-hybridized carbons (Fsp3) is 0.326. The van der Waals surface area contributed by atoms with Crippen LogP contribution in [0.25, 0.3) is 11.1 Å². The summed E-state index contributed by atoms with van der Waals surface area (Å²) >= 11 is 0. The maximum Gasteiger partial charge on any atom is 0.252 e. The van der Waals surface area contributed by atoms with Crippen molar-refractivity contribution in [2.24, 2.45) is 0 Å². The molecule has 2 heterocycles. The van der Waals surface area contributed by atoms with Crippen LogP contribution in [0.1, 0.15) is 214 Å². The number of benzene rings is 10. The van der Waals surface area contributed by atoms with Gasteiger partial charge in [0.2, 0.25) is 0 Å². The van der Waals surface area contributed by atoms with E-state index in [-0.39, 0.29) is 50.0 Å². The summed E-state index contributed by atoms with van der Waals surface area (Å²) in [5.74, 6) is 0. The van der Waals surface area contributed by atoms with E-state index in [1.165, 1.54) is 145 Å². The van der Waals surface area contributed by atoms with E-state index in [1.807, 2.05) is 0 Å². The summed E-state index contributed by atoms with van der Waals surface area (Å²) in [6.07, 6.45) is 1.99. The molecule has 0 spiro atoms. The molecule has 0 radical (unpaired) electrons. The number of aryl methyl sites for hydroxylation is 1. The minimum Gasteiger partial charge on any atom is -0.311 e. The van der Waals surface area contributed by atoms with Crippen molar-refractivity contribution in [3.63, 3.8) is 0 Å². The van der Waals surface area contributed by atoms with Crippen molar-refractivity contribution in [2.45, 2.75) is 188 Å². The summed E-state index contributed by atoms with van der Waals surface area (Å²) in [6.45, 7) is 46.0. The molecule has 0 bridgehead atoms. The van der Waals surface area contributed by atoms with E-state index in [4.69, 9.17) is 0 Å². The Labute approximate surface area is 556 Å². The molecule has 0 saturated heterocycles. The molecule has 0 saturated carbocycles. The highest BCUT2D eigenvalue weighted by Gasteiger charge is 2.52. The zero-order valence-corrected chi connectivity index (χ0v) is 58.7. The summed E-state index contributed by atoms with van der Waals surface area (Å²) in [5, 5.41) is 0. The van der Waals surface area contributed by atoms with Gasteiger partial charge >= 0.3 is 0 Å². The minimum absolute atomic E-state index is 0.0212. The molecule has 16 rings (SSSR count). The third kappa shape index (κ3) is 8.47. The molecule has 0 atom stereocenters. The first-order valence-corrected chi connectivity index (χ1v) is 34.5. The summed E-state index contributed by atoms with van der Waals surface area (Å²) < 4.78 is 0. The van der Waals surface area contributed by atoms with Gasteiger partial charge in [-0.15, -0.1) is 0 Å². The van der Waals surface area contributed by atoms with Gasteiger partial charge < -0.3 is 14.7 Å². The fourth-order valence-electron chi connectivity index (χ4n) is 18.9. The molecule has 466 valence electrons. The first-order valence-electron chi connectivity index (χ1n) is 34.5. The van der Waals surface area contributed by atoms with E-state index < -0.39 is 0 Å². The molecule has 6 aliphatic rings. The Morgan fingerprint density at radius 3 is 1.22 bits per heavy atom. The molecule has 0 N–H and O–H groups in total. The third-order valence-corrected chi connectivity index (χ3v) is 23.8. The number of nitrogens with zero attached hydrogens (tertiary/aromatic N) is 3. The van der Waals surface area contributed by atoms with Crippen LogP contribution >= 0.6 is 0 Å². The maximum atomic E-state index is 2.79. The van der Waals surface area contributed by atoms with Crippen LogP contribution in [0.3, 0.4) is 0 Å². The fourth-order valence-corrected chi connectivity index (χ4v) is 18.9. The average molecular weight is 1210 g/mol. The molecule has 0 fully saturated rings. The zero-order valence-electron chi connectivity index (χ0n) is 58.7. The quantitative estimate of drug-likeness (QED) is 0.159. The van der Waals surface area contributed by atoms with Crippen molar-refractivity contribution in [1.82, 2.24) is 0 Å². The molecule has 93 heavy (non-hydrogen) atoms. The van der Waals surface area contributed by atoms with Gasteiger partial charge in [0.25, 0.3) is 6.71 Å². The van der Waals surface area contributed by atoms with E-state index in [0.717, 1.165) is 29.9 Å². The van der Waals surface area contributed by atoms with Crippen molar-refractivity contribution < 1.29 is 0 Å². The highest BCUT2D eigenvalue weighted by Crippen LogP contribution is 2.59. The van der Waals surface area contributed by atoms with E-state index in [9.17, 15) is 0 Å². The molecular formula is C89H92BN3. The van der Waals surface area contributed by atoms with E-state index in [2.05, 4.69) is 334 Å². The normalized spacial score (nSPS) is 18.0. The lowest BCUT2D eigenvalue weighted by Gasteiger charge is -2.50. The smallest absolute Gasteiger partial charge is 0.252 e. The first kappa shape index (κ1) is 59.7. The second kappa shape index (κ2) is 19.4. The van der Waals surface area contributed by atoms with Gasteiger partial charge in [-0.25, -0.2) is 0 Å². The molecule has 10 aromatic carbocycles. The number of rotatable bonds is 5. The standard InChI is InChI=1S/C89H92BN3/c1-53-43-66-67(85(10,11)52-84(66,8)9)49-75(53)93-77-51-71-69(87(14,15)63-31-23-25-33-65(63)89(71,18)19)48-73(77)90-72-47-68-70(88(16,17)64-32-24-22-30-62(64)86(68,12)13)50-76(72)92(74-34-26-28-55-44-54-27-20-21-29-61(54)80(55)74)78-45-60(46-79(93)81(78)90)91(58-39-35-56(36-40-58)82(2,3)4)59-41-37-57(38-42-59)83(5,6)7/h20-43,45-51H,44,52H2,1-19H3. The largest absolute Gasteiger partial charge is 0.311 e. The molecule has 10 aromatic rings. The topological polar surface area (TPSA) is 9.72 Å². The highest BCUT2D eigenvalue weighted by molar-refractivity contribution is 7.00. The molecule has 0 unspecified atom stereocenters. The van der Waals surface area contributed by atoms with Crippen LogP contribution in [0.2, 0.25) is 0 Å². The van der Waals surface area contributed by atoms with Crippen molar-refractivity contribution in [3.8, 4) is 11.1 Å². The maximum absolute atomic E-state index is 2.79. The Morgan fingerprint density at radius 2 is 0.753 bits per heavy atom. The highest BCUT2D eigenvalue weighted by atomic mass is 15.2. The lowest BCUT2D eigenvalue weighted by molar-refractivity contribution is 0.403. The van der Waals surface area contributed by atoms with Gasteiger partial charge in [0.1, 0.15) is 0 Å². The molecule has 0 aromatic heterocycles. The van der Waals surface area contributed by atoms with Crippen molar-refractivity contribution in [1.29, 1.82) is 0 Å². The van der Waals surface area contributed by atoms with E-state index >= 15 is 0 Å². The van der Waals surface area contributed by atoms with Crippen molar-refractivity contribution in [3.05, 3.63) is 272 Å². The van der Waals surface area contributed by atoms with Gasteiger partial charge in [-0.05, 0) is 207 Å². The Morgan fingerprint density at radius 1 is 0.355 bits per heavy atom. The Hall–Kier alpha value is -8.34. The van der Waals surface area contributed by atoms with Crippen LogP contribution < -0.4 is 31.1 Å². The molecule has 0 amide bonds. The zero-order chi connectivity index (χ0) is 65.4. The number of hydrogen-bond donors (Lipinski definition) is 0. The summed E-state index contributed by atoms with van der Waals surface area (Å²) in [5.41, 5.74) is 37.2. The third-order valence-electron chi connectivity index (χ3n) is 23.8. The van der Waals surface area contributed by atoms with Crippen LogP contribution in [0.4, 0.5) is 51.2 Å². The van der Waals surface area contributed by atoms with Gasteiger partial charge in [-0.2, -0.15) is 0 Å². The predicted molar refractivity (Wildman–Crippen MR) is 398 cm³/mol. The van der Waals surface area contributed by atoms with Gasteiger partial charge in [0.15, 0.2) is 0 Å². The minimum atomic E-state index is -0.299. The summed E-state index contributed by atoms with van der Waals surface area (Å²) in [6, 6.07) is 75.4. The first-order chi connectivity index (χ1) is 43.8. The summed E-state index contributed by atoms with van der Waals surface area (Å²) in [7, 11) is 0. The van der Waals surface area contributed by atoms with Gasteiger partial charge in [-0.1, -0.05) is 252 Å². The second-order valence-corrected chi connectivity index (χ2v) is 34.2. The predicted octanol–water partition coefficient (Wildman–Crippen LogP) is 21.6. The SMILES string of the molecule is Cc1cc2c(cc1N1c3cc4c(cc3B3c5cc6c(cc5N(c5cccc7c5-c5ccccc5C7)c5cc(N(c7ccc(C(C)(C)C)cc7)c7ccc(C(C)(C)C)cc7)cc1c53)C(C)(C)c1ccccc1C6(C)C)C(C)(C)c1ccccc1C4(C)C)C(C)(C)CC2(C)C. The molecular weight excluding hydrogens is 1120 g/mol. The second-order valence-electron chi connectivity index (χ2n) is 34.2. The van der Waals surface area contributed by atoms with Crippen LogP contribution in [0.5, 0.6) is 0 Å². The monoisotopic (exact) mass is 1210 g/mol. The van der Waals surface area contributed by atoms with Gasteiger partial charge in [0.05, 0.1) is 11.4 Å². The number of hydrogen-bond acceptors (Lipinski definition) is 3. The van der Waals surface area contributed by atoms with E-state index in [1.54, 1.807) is 0 Å². The van der Waals surface area contributed by atoms with Crippen molar-refractivity contribution in [2.75, 3.05) is 14.7 Å². The summed E-state index contributed by atoms with van der Waals surface area (Å²) in [4.78, 5) is 8.13. The lowest BCUT2D eigenvalue weighted by Crippen LogP contribution is -2.62. The average Bonchev–Trinajstić information content (AvgIpc) is 0.945. The molecule has 2 aliphatic heterocycles. The van der Waals surface area contributed by atoms with Crippen LogP contribution in [-0.4, -0.2) is 6.71 Å². The van der Waals surface area contributed by atoms with Crippen LogP contribution in [0.15, 0.2) is 188 Å². The van der Waals surface area contributed by atoms with Gasteiger partial charge in [0, 0.05) is 67.0 Å². The van der Waals surface area contributed by atoms with Crippen LogP contribution in [0, 0.1) is 6.92 Å².